The number of amides is 1. The second-order valence-corrected chi connectivity index (χ2v) is 5.32. The van der Waals surface area contributed by atoms with Crippen LogP contribution in [0.1, 0.15) is 28.4 Å². The summed E-state index contributed by atoms with van der Waals surface area (Å²) in [4.78, 5) is 12.4. The lowest BCUT2D eigenvalue weighted by molar-refractivity contribution is 0.0907. The summed E-state index contributed by atoms with van der Waals surface area (Å²) in [5.41, 5.74) is 6.97. The number of carbonyl (C=O) groups excluding carboxylic acids is 1. The molecule has 1 unspecified atom stereocenters. The summed E-state index contributed by atoms with van der Waals surface area (Å²) in [7, 11) is 0. The number of rotatable bonds is 4. The summed E-state index contributed by atoms with van der Waals surface area (Å²) in [5.74, 6) is -0.592. The molecule has 4 heteroatoms. The smallest absolute Gasteiger partial charge is 0.252 e. The lowest BCUT2D eigenvalue weighted by atomic mass is 9.91. The molecule has 0 saturated heterocycles. The van der Waals surface area contributed by atoms with Gasteiger partial charge in [-0.25, -0.2) is 4.39 Å². The number of carbonyl (C=O) groups is 1. The van der Waals surface area contributed by atoms with Gasteiger partial charge in [-0.2, -0.15) is 0 Å². The minimum Gasteiger partial charge on any atom is -0.342 e. The van der Waals surface area contributed by atoms with Gasteiger partial charge in [0.2, 0.25) is 0 Å². The lowest BCUT2D eigenvalue weighted by Crippen LogP contribution is -2.48. The molecule has 0 spiro atoms. The van der Waals surface area contributed by atoms with Crippen LogP contribution in [0.15, 0.2) is 48.5 Å². The molecule has 0 aliphatic rings. The first-order valence-electron chi connectivity index (χ1n) is 6.80. The van der Waals surface area contributed by atoms with Gasteiger partial charge in [0.1, 0.15) is 5.82 Å². The van der Waals surface area contributed by atoms with E-state index in [1.807, 2.05) is 37.3 Å². The maximum absolute atomic E-state index is 13.3. The highest BCUT2D eigenvalue weighted by Crippen LogP contribution is 2.20. The molecule has 2 aromatic rings. The quantitative estimate of drug-likeness (QED) is 0.908. The Morgan fingerprint density at radius 1 is 1.24 bits per heavy atom. The number of hydrogen-bond acceptors (Lipinski definition) is 2. The zero-order valence-electron chi connectivity index (χ0n) is 12.2. The lowest BCUT2D eigenvalue weighted by Gasteiger charge is -2.30. The molecule has 1 amide bonds. The SMILES string of the molecule is Cc1cc(C(=O)NC(C)(CN)c2ccccc2)ccc1F. The summed E-state index contributed by atoms with van der Waals surface area (Å²) >= 11 is 0. The highest BCUT2D eigenvalue weighted by atomic mass is 19.1. The van der Waals surface area contributed by atoms with Gasteiger partial charge < -0.3 is 11.1 Å². The molecule has 3 N–H and O–H groups in total. The van der Waals surface area contributed by atoms with Crippen LogP contribution in [0.3, 0.4) is 0 Å². The number of halogens is 1. The van der Waals surface area contributed by atoms with E-state index in [-0.39, 0.29) is 18.3 Å². The van der Waals surface area contributed by atoms with Crippen molar-refractivity contribution in [2.75, 3.05) is 6.54 Å². The van der Waals surface area contributed by atoms with Crippen molar-refractivity contribution in [3.8, 4) is 0 Å². The van der Waals surface area contributed by atoms with E-state index in [1.54, 1.807) is 6.92 Å². The zero-order chi connectivity index (χ0) is 15.5. The van der Waals surface area contributed by atoms with Gasteiger partial charge in [-0.15, -0.1) is 0 Å². The highest BCUT2D eigenvalue weighted by Gasteiger charge is 2.27. The third-order valence-corrected chi connectivity index (χ3v) is 3.63. The summed E-state index contributed by atoms with van der Waals surface area (Å²) in [6.45, 7) is 3.77. The number of nitrogens with one attached hydrogen (secondary N) is 1. The van der Waals surface area contributed by atoms with Crippen LogP contribution in [0.25, 0.3) is 0 Å². The van der Waals surface area contributed by atoms with E-state index in [1.165, 1.54) is 18.2 Å². The van der Waals surface area contributed by atoms with E-state index in [0.717, 1.165) is 5.56 Å². The van der Waals surface area contributed by atoms with Crippen LogP contribution in [-0.2, 0) is 5.54 Å². The molecule has 0 radical (unpaired) electrons. The Morgan fingerprint density at radius 2 is 1.90 bits per heavy atom. The zero-order valence-corrected chi connectivity index (χ0v) is 12.2. The van der Waals surface area contributed by atoms with Crippen LogP contribution < -0.4 is 11.1 Å². The van der Waals surface area contributed by atoms with Crippen LogP contribution in [0.4, 0.5) is 4.39 Å². The van der Waals surface area contributed by atoms with Crippen LogP contribution in [0, 0.1) is 12.7 Å². The second-order valence-electron chi connectivity index (χ2n) is 5.32. The van der Waals surface area contributed by atoms with E-state index >= 15 is 0 Å². The van der Waals surface area contributed by atoms with E-state index in [4.69, 9.17) is 5.73 Å². The van der Waals surface area contributed by atoms with Gasteiger partial charge in [0, 0.05) is 12.1 Å². The number of nitrogens with two attached hydrogens (primary N) is 1. The molecule has 0 aliphatic carbocycles. The third kappa shape index (κ3) is 3.28. The molecule has 0 saturated carbocycles. The Hall–Kier alpha value is -2.20. The van der Waals surface area contributed by atoms with Crippen LogP contribution >= 0.6 is 0 Å². The fourth-order valence-corrected chi connectivity index (χ4v) is 2.16. The summed E-state index contributed by atoms with van der Waals surface area (Å²) < 4.78 is 13.3. The van der Waals surface area contributed by atoms with Crippen molar-refractivity contribution in [2.24, 2.45) is 5.73 Å². The Morgan fingerprint density at radius 3 is 2.48 bits per heavy atom. The molecule has 21 heavy (non-hydrogen) atoms. The monoisotopic (exact) mass is 286 g/mol. The van der Waals surface area contributed by atoms with Crippen molar-refractivity contribution in [3.63, 3.8) is 0 Å². The van der Waals surface area contributed by atoms with Gasteiger partial charge in [0.25, 0.3) is 5.91 Å². The largest absolute Gasteiger partial charge is 0.342 e. The van der Waals surface area contributed by atoms with Crippen LogP contribution in [0.2, 0.25) is 0 Å². The molecule has 3 nitrogen and oxygen atoms in total. The number of hydrogen-bond donors (Lipinski definition) is 2. The third-order valence-electron chi connectivity index (χ3n) is 3.63. The Kier molecular flexibility index (Phi) is 4.38. The van der Waals surface area contributed by atoms with Gasteiger partial charge in [-0.05, 0) is 43.2 Å². The fourth-order valence-electron chi connectivity index (χ4n) is 2.16. The second kappa shape index (κ2) is 6.06. The van der Waals surface area contributed by atoms with Crippen molar-refractivity contribution in [2.45, 2.75) is 19.4 Å². The minimum absolute atomic E-state index is 0.267. The predicted molar refractivity (Wildman–Crippen MR) is 81.5 cm³/mol. The van der Waals surface area contributed by atoms with Gasteiger partial charge in [0.15, 0.2) is 0 Å². The normalized spacial score (nSPS) is 13.5. The molecule has 0 fully saturated rings. The number of benzene rings is 2. The van der Waals surface area contributed by atoms with E-state index in [2.05, 4.69) is 5.32 Å². The van der Waals surface area contributed by atoms with Gasteiger partial charge in [-0.3, -0.25) is 4.79 Å². The Balaban J connectivity index is 2.26. The molecule has 110 valence electrons. The first kappa shape index (κ1) is 15.2. The predicted octanol–water partition coefficient (Wildman–Crippen LogP) is 2.74. The van der Waals surface area contributed by atoms with Crippen LogP contribution in [-0.4, -0.2) is 12.5 Å². The highest BCUT2D eigenvalue weighted by molar-refractivity contribution is 5.95. The van der Waals surface area contributed by atoms with E-state index in [9.17, 15) is 9.18 Å². The maximum atomic E-state index is 13.3. The van der Waals surface area contributed by atoms with Gasteiger partial charge in [0.05, 0.1) is 5.54 Å². The molecule has 1 atom stereocenters. The summed E-state index contributed by atoms with van der Waals surface area (Å²) in [5, 5.41) is 2.94. The summed E-state index contributed by atoms with van der Waals surface area (Å²) in [6, 6.07) is 13.9. The van der Waals surface area contributed by atoms with Crippen LogP contribution in [0.5, 0.6) is 0 Å². The van der Waals surface area contributed by atoms with Crippen molar-refractivity contribution in [1.29, 1.82) is 0 Å². The summed E-state index contributed by atoms with van der Waals surface area (Å²) in [6.07, 6.45) is 0. The topological polar surface area (TPSA) is 55.1 Å². The molecular formula is C17H19FN2O. The van der Waals surface area contributed by atoms with Crippen molar-refractivity contribution in [3.05, 3.63) is 71.0 Å². The van der Waals surface area contributed by atoms with Crippen molar-refractivity contribution in [1.82, 2.24) is 5.32 Å². The molecule has 2 rings (SSSR count). The average molecular weight is 286 g/mol. The Bertz CT molecular complexity index is 642. The fraction of sp³-hybridized carbons (Fsp3) is 0.235. The maximum Gasteiger partial charge on any atom is 0.252 e. The molecule has 0 bridgehead atoms. The molecule has 0 heterocycles. The molecule has 0 aromatic heterocycles. The van der Waals surface area contributed by atoms with E-state index < -0.39 is 5.54 Å². The first-order valence-corrected chi connectivity index (χ1v) is 6.80. The molecule has 0 aliphatic heterocycles. The average Bonchev–Trinajstić information content (AvgIpc) is 2.50. The molecule has 2 aromatic carbocycles. The van der Waals surface area contributed by atoms with E-state index in [0.29, 0.717) is 11.1 Å². The minimum atomic E-state index is -0.666. The number of aryl methyl sites for hydroxylation is 1. The van der Waals surface area contributed by atoms with Crippen molar-refractivity contribution >= 4 is 5.91 Å². The molecular weight excluding hydrogens is 267 g/mol. The van der Waals surface area contributed by atoms with Gasteiger partial charge in [-0.1, -0.05) is 30.3 Å². The van der Waals surface area contributed by atoms with Gasteiger partial charge >= 0.3 is 0 Å². The Labute approximate surface area is 124 Å². The van der Waals surface area contributed by atoms with Crippen molar-refractivity contribution < 1.29 is 9.18 Å². The standard InChI is InChI=1S/C17H19FN2O/c1-12-10-13(8-9-15(12)18)16(21)20-17(2,11-19)14-6-4-3-5-7-14/h3-10H,11,19H2,1-2H3,(H,20,21). The first-order chi connectivity index (χ1) is 9.96.